The second-order valence-corrected chi connectivity index (χ2v) is 8.33. The van der Waals surface area contributed by atoms with Crippen molar-refractivity contribution in [2.45, 2.75) is 25.0 Å². The summed E-state index contributed by atoms with van der Waals surface area (Å²) in [6.45, 7) is 5.74. The average molecular weight is 454 g/mol. The molecule has 0 amide bonds. The molecule has 0 bridgehead atoms. The van der Waals surface area contributed by atoms with E-state index < -0.39 is 5.60 Å². The van der Waals surface area contributed by atoms with Gasteiger partial charge in [0.1, 0.15) is 11.7 Å². The molecule has 0 aliphatic carbocycles. The third-order valence-electron chi connectivity index (χ3n) is 5.69. The van der Waals surface area contributed by atoms with E-state index >= 15 is 0 Å². The van der Waals surface area contributed by atoms with Crippen LogP contribution in [0.2, 0.25) is 0 Å². The van der Waals surface area contributed by atoms with E-state index in [0.717, 1.165) is 22.2 Å². The third kappa shape index (κ3) is 5.81. The van der Waals surface area contributed by atoms with Crippen molar-refractivity contribution in [3.8, 4) is 12.1 Å². The summed E-state index contributed by atoms with van der Waals surface area (Å²) in [7, 11) is 3.98. The van der Waals surface area contributed by atoms with E-state index in [4.69, 9.17) is 9.15 Å². The van der Waals surface area contributed by atoms with Gasteiger partial charge in [0.2, 0.25) is 0 Å². The third-order valence-corrected chi connectivity index (χ3v) is 5.69. The van der Waals surface area contributed by atoms with Crippen molar-refractivity contribution in [2.24, 2.45) is 5.92 Å². The molecule has 4 rings (SSSR count). The van der Waals surface area contributed by atoms with Crippen LogP contribution in [0.5, 0.6) is 0 Å². The number of anilines is 1. The molecule has 1 saturated heterocycles. The van der Waals surface area contributed by atoms with Gasteiger partial charge in [-0.3, -0.25) is 0 Å². The number of hydrogen-bond donors (Lipinski definition) is 0. The Morgan fingerprint density at radius 2 is 1.79 bits per heavy atom. The standard InChI is InChI=1S/C19H21N3O.C9H6O2/c1-14-15(2)23-19(13-21,11-17(14)12-20)10-9-16-5-7-18(8-6-16)22(3)4;10-9-6-5-7-3-1-2-4-8(7)11-9/h5-10,15,17H,1,11H2,2-4H3;1-6H. The van der Waals surface area contributed by atoms with Crippen LogP contribution in [0, 0.1) is 28.6 Å². The van der Waals surface area contributed by atoms with Gasteiger partial charge in [-0.25, -0.2) is 4.79 Å². The number of nitriles is 2. The fourth-order valence-corrected chi connectivity index (χ4v) is 3.63. The van der Waals surface area contributed by atoms with Gasteiger partial charge >= 0.3 is 5.63 Å². The van der Waals surface area contributed by atoms with Gasteiger partial charge in [-0.2, -0.15) is 10.5 Å². The molecule has 3 aromatic rings. The summed E-state index contributed by atoms with van der Waals surface area (Å²) in [5.41, 5.74) is 2.09. The predicted octanol–water partition coefficient (Wildman–Crippen LogP) is 5.33. The molecule has 6 nitrogen and oxygen atoms in total. The Hall–Kier alpha value is -4.13. The van der Waals surface area contributed by atoms with Gasteiger partial charge in [0, 0.05) is 37.7 Å². The minimum absolute atomic E-state index is 0.302. The minimum atomic E-state index is -1.08. The summed E-state index contributed by atoms with van der Waals surface area (Å²) in [6, 6.07) is 23.0. The fraction of sp³-hybridized carbons (Fsp3) is 0.250. The summed E-state index contributed by atoms with van der Waals surface area (Å²) < 4.78 is 10.8. The van der Waals surface area contributed by atoms with Crippen LogP contribution in [-0.2, 0) is 4.74 Å². The first-order valence-corrected chi connectivity index (χ1v) is 10.9. The molecule has 1 fully saturated rings. The molecule has 1 aliphatic rings. The maximum Gasteiger partial charge on any atom is 0.336 e. The maximum atomic E-state index is 10.7. The van der Waals surface area contributed by atoms with Crippen molar-refractivity contribution in [3.63, 3.8) is 0 Å². The van der Waals surface area contributed by atoms with Crippen molar-refractivity contribution >= 4 is 22.7 Å². The Bertz CT molecular complexity index is 1330. The zero-order valence-corrected chi connectivity index (χ0v) is 19.6. The van der Waals surface area contributed by atoms with E-state index in [1.165, 1.54) is 6.07 Å². The zero-order chi connectivity index (χ0) is 24.7. The molecular formula is C28H27N3O3. The summed E-state index contributed by atoms with van der Waals surface area (Å²) in [5.74, 6) is -0.362. The maximum absolute atomic E-state index is 10.7. The number of fused-ring (bicyclic) bond motifs is 1. The minimum Gasteiger partial charge on any atom is -0.423 e. The van der Waals surface area contributed by atoms with E-state index in [1.54, 1.807) is 18.2 Å². The SMILES string of the molecule is C=C1C(C#N)CC(C#N)(C=Cc2ccc(N(C)C)cc2)OC1C.O=c1ccc2ccccc2o1. The number of para-hydroxylation sites is 1. The number of ether oxygens (including phenoxy) is 1. The summed E-state index contributed by atoms with van der Waals surface area (Å²) in [5, 5.41) is 19.8. The topological polar surface area (TPSA) is 90.3 Å². The normalized spacial score (nSPS) is 21.9. The highest BCUT2D eigenvalue weighted by molar-refractivity contribution is 5.75. The monoisotopic (exact) mass is 453 g/mol. The molecule has 2 heterocycles. The molecule has 0 radical (unpaired) electrons. The van der Waals surface area contributed by atoms with Crippen LogP contribution < -0.4 is 10.5 Å². The smallest absolute Gasteiger partial charge is 0.336 e. The molecule has 1 aliphatic heterocycles. The second-order valence-electron chi connectivity index (χ2n) is 8.33. The van der Waals surface area contributed by atoms with Crippen LogP contribution in [0.15, 0.2) is 88.1 Å². The molecule has 6 heteroatoms. The summed E-state index contributed by atoms with van der Waals surface area (Å²) in [6.07, 6.45) is 3.63. The van der Waals surface area contributed by atoms with Gasteiger partial charge < -0.3 is 14.1 Å². The highest BCUT2D eigenvalue weighted by Gasteiger charge is 2.41. The van der Waals surface area contributed by atoms with Crippen LogP contribution in [0.1, 0.15) is 18.9 Å². The van der Waals surface area contributed by atoms with Crippen LogP contribution in [0.25, 0.3) is 17.0 Å². The molecule has 2 aromatic carbocycles. The Morgan fingerprint density at radius 1 is 1.09 bits per heavy atom. The van der Waals surface area contributed by atoms with Gasteiger partial charge in [0.05, 0.1) is 18.1 Å². The highest BCUT2D eigenvalue weighted by atomic mass is 16.5. The van der Waals surface area contributed by atoms with Crippen molar-refractivity contribution in [1.29, 1.82) is 10.5 Å². The molecule has 3 unspecified atom stereocenters. The van der Waals surface area contributed by atoms with Crippen LogP contribution in [0.3, 0.4) is 0 Å². The first-order chi connectivity index (χ1) is 16.3. The second kappa shape index (κ2) is 10.7. The molecular weight excluding hydrogens is 426 g/mol. The largest absolute Gasteiger partial charge is 0.423 e. The van der Waals surface area contributed by atoms with E-state index in [0.29, 0.717) is 12.0 Å². The first-order valence-electron chi connectivity index (χ1n) is 10.9. The quantitative estimate of drug-likeness (QED) is 0.393. The van der Waals surface area contributed by atoms with Crippen molar-refractivity contribution in [1.82, 2.24) is 0 Å². The Labute approximate surface area is 199 Å². The molecule has 1 aromatic heterocycles. The molecule has 0 N–H and O–H groups in total. The lowest BCUT2D eigenvalue weighted by Gasteiger charge is -2.36. The summed E-state index contributed by atoms with van der Waals surface area (Å²) in [4.78, 5) is 12.7. The zero-order valence-electron chi connectivity index (χ0n) is 19.6. The number of nitrogens with zero attached hydrogens (tertiary/aromatic N) is 3. The van der Waals surface area contributed by atoms with Crippen LogP contribution in [0.4, 0.5) is 5.69 Å². The average Bonchev–Trinajstić information content (AvgIpc) is 2.85. The summed E-state index contributed by atoms with van der Waals surface area (Å²) >= 11 is 0. The van der Waals surface area contributed by atoms with Crippen molar-refractivity contribution in [3.05, 3.63) is 94.9 Å². The van der Waals surface area contributed by atoms with E-state index in [1.807, 2.05) is 74.5 Å². The molecule has 34 heavy (non-hydrogen) atoms. The Morgan fingerprint density at radius 3 is 2.44 bits per heavy atom. The lowest BCUT2D eigenvalue weighted by molar-refractivity contribution is -0.0368. The van der Waals surface area contributed by atoms with Crippen LogP contribution in [-0.4, -0.2) is 25.8 Å². The number of hydrogen-bond acceptors (Lipinski definition) is 6. The molecule has 0 spiro atoms. The Balaban J connectivity index is 0.000000243. The molecule has 172 valence electrons. The van der Waals surface area contributed by atoms with Gasteiger partial charge in [0.25, 0.3) is 0 Å². The molecule has 0 saturated carbocycles. The van der Waals surface area contributed by atoms with Crippen LogP contribution >= 0.6 is 0 Å². The number of rotatable bonds is 3. The van der Waals surface area contributed by atoms with Gasteiger partial charge in [-0.05, 0) is 48.4 Å². The van der Waals surface area contributed by atoms with Crippen molar-refractivity contribution in [2.75, 3.05) is 19.0 Å². The predicted molar refractivity (Wildman–Crippen MR) is 134 cm³/mol. The number of benzene rings is 2. The highest BCUT2D eigenvalue weighted by Crippen LogP contribution is 2.36. The molecule has 3 atom stereocenters. The van der Waals surface area contributed by atoms with E-state index in [9.17, 15) is 15.3 Å². The van der Waals surface area contributed by atoms with Gasteiger partial charge in [-0.15, -0.1) is 0 Å². The lowest BCUT2D eigenvalue weighted by atomic mass is 9.82. The fourth-order valence-electron chi connectivity index (χ4n) is 3.63. The van der Waals surface area contributed by atoms with Crippen molar-refractivity contribution < 1.29 is 9.15 Å². The van der Waals surface area contributed by atoms with E-state index in [2.05, 4.69) is 18.7 Å². The van der Waals surface area contributed by atoms with Gasteiger partial charge in [0.15, 0.2) is 5.60 Å². The first kappa shape index (κ1) is 24.5. The lowest BCUT2D eigenvalue weighted by Crippen LogP contribution is -2.41. The Kier molecular flexibility index (Phi) is 7.68. The van der Waals surface area contributed by atoms with Gasteiger partial charge in [-0.1, -0.05) is 43.0 Å². The van der Waals surface area contributed by atoms with E-state index in [-0.39, 0.29) is 17.6 Å².